The van der Waals surface area contributed by atoms with Gasteiger partial charge in [-0.05, 0) is 10.8 Å². The Kier molecular flexibility index (Phi) is 30.2. The maximum atomic E-state index is 5.84. The van der Waals surface area contributed by atoms with Crippen LogP contribution < -0.4 is 10.4 Å². The van der Waals surface area contributed by atoms with E-state index in [1.165, 1.54) is 21.5 Å². The van der Waals surface area contributed by atoms with Crippen LogP contribution in [0.5, 0.6) is 0 Å². The zero-order valence-electron chi connectivity index (χ0n) is 32.7. The van der Waals surface area contributed by atoms with Crippen LogP contribution in [0.3, 0.4) is 0 Å². The first kappa shape index (κ1) is 59.3. The van der Waals surface area contributed by atoms with Gasteiger partial charge in [0.05, 0.1) is 25.3 Å². The molecule has 2 unspecified atom stereocenters. The van der Waals surface area contributed by atoms with Crippen molar-refractivity contribution in [1.29, 1.82) is 0 Å². The first-order valence-corrected chi connectivity index (χ1v) is 23.7. The fraction of sp³-hybridized carbons (Fsp3) is 0.450. The Morgan fingerprint density at radius 1 is 0.692 bits per heavy atom. The molecular weight excluding hydrogens is 1170 g/mol. The number of halogens is 2. The molecule has 2 atom stereocenters. The maximum Gasteiger partial charge on any atom is 0.129 e. The quantitative estimate of drug-likeness (QED) is 0.116. The summed E-state index contributed by atoms with van der Waals surface area (Å²) in [5, 5.41) is 2.91. The van der Waals surface area contributed by atoms with E-state index in [4.69, 9.17) is 19.5 Å². The summed E-state index contributed by atoms with van der Waals surface area (Å²) >= 11 is 0. The molecule has 0 N–H and O–H groups in total. The Labute approximate surface area is 401 Å². The van der Waals surface area contributed by atoms with Crippen LogP contribution in [-0.4, -0.2) is 53.2 Å². The van der Waals surface area contributed by atoms with E-state index in [0.29, 0.717) is 0 Å². The van der Waals surface area contributed by atoms with Crippen LogP contribution >= 0.6 is 48.0 Å². The second kappa shape index (κ2) is 26.5. The van der Waals surface area contributed by atoms with E-state index in [1.54, 1.807) is 0 Å². The summed E-state index contributed by atoms with van der Waals surface area (Å²) in [6.07, 6.45) is 0. The fourth-order valence-electron chi connectivity index (χ4n) is 5.09. The average molecular weight is 1240 g/mol. The van der Waals surface area contributed by atoms with E-state index in [0.717, 1.165) is 25.0 Å². The van der Waals surface area contributed by atoms with E-state index < -0.39 is 16.1 Å². The second-order valence-electron chi connectivity index (χ2n) is 16.4. The molecule has 0 aromatic heterocycles. The third kappa shape index (κ3) is 19.2. The molecule has 2 aliphatic heterocycles. The van der Waals surface area contributed by atoms with E-state index in [9.17, 15) is 0 Å². The molecule has 4 aromatic carbocycles. The van der Waals surface area contributed by atoms with Crippen LogP contribution in [-0.2, 0) is 84.5 Å². The van der Waals surface area contributed by atoms with Gasteiger partial charge in [0.15, 0.2) is 0 Å². The van der Waals surface area contributed by atoms with Gasteiger partial charge < -0.3 is 43.4 Å². The van der Waals surface area contributed by atoms with Crippen LogP contribution in [0.2, 0.25) is 39.3 Å². The summed E-state index contributed by atoms with van der Waals surface area (Å²) < 4.78 is 11.7. The molecule has 0 radical (unpaired) electrons. The first-order valence-electron chi connectivity index (χ1n) is 16.7. The van der Waals surface area contributed by atoms with Crippen LogP contribution in [0.15, 0.2) is 107 Å². The summed E-state index contributed by atoms with van der Waals surface area (Å²) in [7, 11) is -2.64. The molecule has 0 fully saturated rings. The van der Waals surface area contributed by atoms with Crippen molar-refractivity contribution in [2.45, 2.75) is 92.9 Å². The standard InChI is InChI=1S/2C15H24NOSi.2C5H5.2Fe.2HI.2Pd/c2*1-15(2,3)13-10-17-14(16-13)11-8-7-9-12(11)18(4,5)6;2*1-2-4-5-3-1;;;;;;/h2*7-9,13H,10H2,1-6H3;2*1-5H;;;2*1H;;/q-5;3*-1;;;;;;. The van der Waals surface area contributed by atoms with Gasteiger partial charge in [-0.1, -0.05) is 86.4 Å². The molecule has 0 saturated carbocycles. The Morgan fingerprint density at radius 3 is 1.52 bits per heavy atom. The van der Waals surface area contributed by atoms with Crippen LogP contribution in [0.25, 0.3) is 0 Å². The predicted octanol–water partition coefficient (Wildman–Crippen LogP) is 10.3. The number of ether oxygens (including phenoxy) is 2. The third-order valence-corrected chi connectivity index (χ3v) is 12.2. The van der Waals surface area contributed by atoms with Gasteiger partial charge in [-0.3, -0.25) is 4.99 Å². The molecule has 2 aliphatic rings. The van der Waals surface area contributed by atoms with Crippen molar-refractivity contribution >= 4 is 86.3 Å². The first-order chi connectivity index (χ1) is 21.4. The number of rotatable bonds is 4. The van der Waals surface area contributed by atoms with Crippen molar-refractivity contribution in [3.8, 4) is 0 Å². The Balaban J connectivity index is -0.000000319. The summed E-state index contributed by atoms with van der Waals surface area (Å²) in [5.74, 6) is 1.72. The molecule has 0 aliphatic carbocycles. The molecule has 4 nitrogen and oxygen atoms in total. The van der Waals surface area contributed by atoms with Crippen LogP contribution in [0, 0.1) is 10.8 Å². The van der Waals surface area contributed by atoms with E-state index >= 15 is 0 Å². The summed E-state index contributed by atoms with van der Waals surface area (Å²) in [6, 6.07) is 33.6. The maximum absolute atomic E-state index is 5.84. The Bertz CT molecular complexity index is 1360. The minimum absolute atomic E-state index is 0. The largest absolute Gasteiger partial charge is 0.700 e. The van der Waals surface area contributed by atoms with Crippen molar-refractivity contribution in [1.82, 2.24) is 0 Å². The molecular formula is C40H60Fe2I2N2O2Pd2Si2-8. The van der Waals surface area contributed by atoms with Crippen molar-refractivity contribution in [2.75, 3.05) is 13.2 Å². The normalized spacial score (nSPS) is 15.9. The van der Waals surface area contributed by atoms with Gasteiger partial charge in [-0.2, -0.15) is 53.7 Å². The van der Waals surface area contributed by atoms with Gasteiger partial charge in [0, 0.05) is 83.1 Å². The summed E-state index contributed by atoms with van der Waals surface area (Å²) in [4.78, 5) is 9.59. The molecule has 0 bridgehead atoms. The zero-order valence-corrected chi connectivity index (χ0v) is 44.7. The average Bonchev–Trinajstić information content (AvgIpc) is 3.82. The van der Waals surface area contributed by atoms with Gasteiger partial charge in [0.1, 0.15) is 5.90 Å². The minimum atomic E-state index is -1.32. The summed E-state index contributed by atoms with van der Waals surface area (Å²) in [5.41, 5.74) is 2.79. The molecule has 4 aromatic rings. The number of hydrogen-bond donors (Lipinski definition) is 0. The molecule has 0 spiro atoms. The van der Waals surface area contributed by atoms with Gasteiger partial charge >= 0.3 is 0 Å². The molecule has 0 amide bonds. The number of nitrogens with zero attached hydrogens (tertiary/aromatic N) is 2. The molecule has 0 saturated heterocycles. The van der Waals surface area contributed by atoms with Gasteiger partial charge in [-0.15, -0.1) is 62.1 Å². The van der Waals surface area contributed by atoms with Gasteiger partial charge in [0.25, 0.3) is 0 Å². The van der Waals surface area contributed by atoms with Crippen molar-refractivity contribution in [2.24, 2.45) is 20.8 Å². The monoisotopic (exact) mass is 1230 g/mol. The number of hydrogen-bond acceptors (Lipinski definition) is 4. The fourth-order valence-corrected chi connectivity index (χ4v) is 8.28. The van der Waals surface area contributed by atoms with Crippen molar-refractivity contribution in [3.05, 3.63) is 108 Å². The van der Waals surface area contributed by atoms with Crippen molar-refractivity contribution in [3.63, 3.8) is 0 Å². The van der Waals surface area contributed by atoms with Gasteiger partial charge in [-0.25, -0.2) is 30.2 Å². The van der Waals surface area contributed by atoms with E-state index in [2.05, 4.69) is 117 Å². The smallest absolute Gasteiger partial charge is 0.129 e. The number of aliphatic imine (C=N–C) groups is 2. The predicted molar refractivity (Wildman–Crippen MR) is 236 cm³/mol. The third-order valence-electron chi connectivity index (χ3n) is 8.12. The SMILES string of the molecule is CC(C)(C)C1COC([c-]2[cH-][cH-][cH-][c-]2[Si](C)(C)C)=N1.CC(C)(C)C1COC(c2[cH-]ccc2[Si](C)(C)C)=N1.I.I.[Fe].[Fe].[Pd].[Pd].c1cc[cH-]c1.c1cc[cH-]c1. The molecule has 308 valence electrons. The second-order valence-corrected chi connectivity index (χ2v) is 26.5. The van der Waals surface area contributed by atoms with Crippen molar-refractivity contribution < 1.29 is 84.5 Å². The van der Waals surface area contributed by atoms with E-state index in [-0.39, 0.29) is 146 Å². The molecule has 52 heavy (non-hydrogen) atoms. The Hall–Kier alpha value is 0.597. The minimum Gasteiger partial charge on any atom is -0.700 e. The van der Waals surface area contributed by atoms with Crippen LogP contribution in [0.4, 0.5) is 0 Å². The molecule has 2 heterocycles. The summed E-state index contributed by atoms with van der Waals surface area (Å²) in [6.45, 7) is 28.9. The van der Waals surface area contributed by atoms with Gasteiger partial charge in [0.2, 0.25) is 0 Å². The Morgan fingerprint density at radius 2 is 1.15 bits per heavy atom. The van der Waals surface area contributed by atoms with Crippen LogP contribution in [0.1, 0.15) is 52.7 Å². The van der Waals surface area contributed by atoms with E-state index in [1.807, 2.05) is 60.7 Å². The molecule has 12 heteroatoms. The molecule has 6 rings (SSSR count). The zero-order chi connectivity index (χ0) is 34.2. The topological polar surface area (TPSA) is 43.2 Å².